The molecule has 5 N–H and O–H groups in total. The van der Waals surface area contributed by atoms with Crippen molar-refractivity contribution in [1.82, 2.24) is 10.2 Å². The Morgan fingerprint density at radius 1 is 1.16 bits per heavy atom. The van der Waals surface area contributed by atoms with Gasteiger partial charge in [-0.25, -0.2) is 0 Å². The normalized spacial score (nSPS) is 12.8. The lowest BCUT2D eigenvalue weighted by atomic mass is 10.1. The molecule has 0 aromatic carbocycles. The van der Waals surface area contributed by atoms with Crippen LogP contribution in [0.5, 0.6) is 0 Å². The van der Waals surface area contributed by atoms with Crippen LogP contribution in [-0.4, -0.2) is 69.2 Å². The molecule has 11 heteroatoms. The molecule has 3 amide bonds. The van der Waals surface area contributed by atoms with E-state index in [0.29, 0.717) is 11.3 Å². The molecular weight excluding hydrogens is 354 g/mol. The minimum absolute atomic E-state index is 0.0142. The van der Waals surface area contributed by atoms with Gasteiger partial charge in [0.05, 0.1) is 0 Å². The predicted molar refractivity (Wildman–Crippen MR) is 89.9 cm³/mol. The fourth-order valence-electron chi connectivity index (χ4n) is 1.82. The number of carboxylic acids is 2. The lowest BCUT2D eigenvalue weighted by molar-refractivity contribution is -0.153. The first-order chi connectivity index (χ1) is 11.6. The summed E-state index contributed by atoms with van der Waals surface area (Å²) in [4.78, 5) is 58.2. The zero-order valence-corrected chi connectivity index (χ0v) is 14.7. The summed E-state index contributed by atoms with van der Waals surface area (Å²) < 4.78 is 0. The number of aliphatic carboxylic acids is 2. The van der Waals surface area contributed by atoms with Crippen LogP contribution >= 0.6 is 12.6 Å². The number of hydrogen-bond acceptors (Lipinski definition) is 7. The van der Waals surface area contributed by atoms with Crippen LogP contribution in [0, 0.1) is 0 Å². The van der Waals surface area contributed by atoms with Gasteiger partial charge in [-0.1, -0.05) is 6.92 Å². The standard InChI is InChI=1S/C14H23N3O7S/c1-2-3-11(19)17(6-12(20)21)13(22)9(7-25)16-10(18)5-4-8(15)14(23)24/h8-9,25H,2-7,15H2,1H3,(H,16,18)(H,20,21)(H,23,24)/t8-,9-/m0/s1. The summed E-state index contributed by atoms with van der Waals surface area (Å²) >= 11 is 3.94. The Kier molecular flexibility index (Phi) is 10.4. The van der Waals surface area contributed by atoms with E-state index in [0.717, 1.165) is 0 Å². The molecule has 2 atom stereocenters. The zero-order chi connectivity index (χ0) is 19.6. The van der Waals surface area contributed by atoms with E-state index >= 15 is 0 Å². The van der Waals surface area contributed by atoms with Gasteiger partial charge in [-0.2, -0.15) is 12.6 Å². The van der Waals surface area contributed by atoms with Gasteiger partial charge in [-0.3, -0.25) is 28.9 Å². The van der Waals surface area contributed by atoms with Crippen LogP contribution in [0.3, 0.4) is 0 Å². The van der Waals surface area contributed by atoms with E-state index < -0.39 is 48.3 Å². The van der Waals surface area contributed by atoms with Crippen molar-refractivity contribution in [3.05, 3.63) is 0 Å². The molecule has 25 heavy (non-hydrogen) atoms. The molecule has 0 aromatic heterocycles. The molecule has 0 heterocycles. The number of thiol groups is 1. The Balaban J connectivity index is 4.93. The molecule has 0 rings (SSSR count). The summed E-state index contributed by atoms with van der Waals surface area (Å²) in [6.07, 6.45) is 0.0298. The Bertz CT molecular complexity index is 527. The van der Waals surface area contributed by atoms with Crippen molar-refractivity contribution in [3.63, 3.8) is 0 Å². The van der Waals surface area contributed by atoms with Crippen molar-refractivity contribution in [2.24, 2.45) is 5.73 Å². The number of rotatable bonds is 11. The summed E-state index contributed by atoms with van der Waals surface area (Å²) in [6.45, 7) is 0.882. The smallest absolute Gasteiger partial charge is 0.323 e. The Morgan fingerprint density at radius 3 is 2.20 bits per heavy atom. The topological polar surface area (TPSA) is 167 Å². The van der Waals surface area contributed by atoms with Crippen LogP contribution in [-0.2, 0) is 24.0 Å². The molecule has 0 saturated heterocycles. The number of carbonyl (C=O) groups is 5. The molecule has 0 aliphatic carbocycles. The van der Waals surface area contributed by atoms with E-state index in [-0.39, 0.29) is 25.0 Å². The third-order valence-corrected chi connectivity index (χ3v) is 3.50. The second kappa shape index (κ2) is 11.4. The van der Waals surface area contributed by atoms with Crippen molar-refractivity contribution < 1.29 is 34.2 Å². The minimum Gasteiger partial charge on any atom is -0.480 e. The lowest BCUT2D eigenvalue weighted by Gasteiger charge is -2.24. The number of carbonyl (C=O) groups excluding carboxylic acids is 3. The molecule has 0 spiro atoms. The Morgan fingerprint density at radius 2 is 1.76 bits per heavy atom. The van der Waals surface area contributed by atoms with Crippen molar-refractivity contribution in [3.8, 4) is 0 Å². The average molecular weight is 377 g/mol. The number of imide groups is 1. The maximum Gasteiger partial charge on any atom is 0.323 e. The average Bonchev–Trinajstić information content (AvgIpc) is 2.54. The van der Waals surface area contributed by atoms with E-state index in [9.17, 15) is 24.0 Å². The van der Waals surface area contributed by atoms with Gasteiger partial charge in [0.25, 0.3) is 5.91 Å². The Labute approximate surface area is 150 Å². The Hall–Kier alpha value is -2.14. The van der Waals surface area contributed by atoms with Crippen LogP contribution in [0.15, 0.2) is 0 Å². The summed E-state index contributed by atoms with van der Waals surface area (Å²) in [5.74, 6) is -4.98. The number of nitrogens with one attached hydrogen (secondary N) is 1. The molecule has 0 bridgehead atoms. The SMILES string of the molecule is CCCC(=O)N(CC(=O)O)C(=O)[C@H](CS)NC(=O)CC[C@H](N)C(=O)O. The van der Waals surface area contributed by atoms with Gasteiger partial charge in [0, 0.05) is 18.6 Å². The maximum absolute atomic E-state index is 12.4. The predicted octanol–water partition coefficient (Wildman–Crippen LogP) is -1.17. The van der Waals surface area contributed by atoms with Gasteiger partial charge < -0.3 is 21.3 Å². The molecule has 0 aliphatic rings. The lowest BCUT2D eigenvalue weighted by Crippen LogP contribution is -2.53. The highest BCUT2D eigenvalue weighted by Crippen LogP contribution is 2.05. The maximum atomic E-state index is 12.4. The van der Waals surface area contributed by atoms with Gasteiger partial charge >= 0.3 is 11.9 Å². The first kappa shape index (κ1) is 22.9. The second-order valence-corrected chi connectivity index (χ2v) is 5.61. The fourth-order valence-corrected chi connectivity index (χ4v) is 2.07. The van der Waals surface area contributed by atoms with E-state index in [4.69, 9.17) is 15.9 Å². The first-order valence-corrected chi connectivity index (χ1v) is 8.21. The number of nitrogens with zero attached hydrogens (tertiary/aromatic N) is 1. The molecule has 0 unspecified atom stereocenters. The van der Waals surface area contributed by atoms with E-state index in [1.807, 2.05) is 0 Å². The largest absolute Gasteiger partial charge is 0.480 e. The van der Waals surface area contributed by atoms with Gasteiger partial charge in [-0.15, -0.1) is 0 Å². The van der Waals surface area contributed by atoms with Gasteiger partial charge in [0.15, 0.2) is 0 Å². The molecule has 10 nitrogen and oxygen atoms in total. The molecule has 142 valence electrons. The second-order valence-electron chi connectivity index (χ2n) is 5.25. The van der Waals surface area contributed by atoms with Crippen molar-refractivity contribution in [2.45, 2.75) is 44.7 Å². The summed E-state index contributed by atoms with van der Waals surface area (Å²) in [6, 6.07) is -2.43. The minimum atomic E-state index is -1.37. The van der Waals surface area contributed by atoms with E-state index in [1.54, 1.807) is 6.92 Å². The number of nitrogens with two attached hydrogens (primary N) is 1. The van der Waals surface area contributed by atoms with Crippen LogP contribution < -0.4 is 11.1 Å². The summed E-state index contributed by atoms with van der Waals surface area (Å²) in [5.41, 5.74) is 5.28. The molecule has 0 aromatic rings. The molecule has 0 saturated carbocycles. The third kappa shape index (κ3) is 8.49. The van der Waals surface area contributed by atoms with Crippen LogP contribution in [0.1, 0.15) is 32.6 Å². The highest BCUT2D eigenvalue weighted by atomic mass is 32.1. The van der Waals surface area contributed by atoms with Crippen molar-refractivity contribution in [2.75, 3.05) is 12.3 Å². The number of amides is 3. The number of carboxylic acid groups (broad SMARTS) is 2. The highest BCUT2D eigenvalue weighted by molar-refractivity contribution is 7.80. The van der Waals surface area contributed by atoms with Gasteiger partial charge in [-0.05, 0) is 12.8 Å². The van der Waals surface area contributed by atoms with E-state index in [1.165, 1.54) is 0 Å². The quantitative estimate of drug-likeness (QED) is 0.281. The monoisotopic (exact) mass is 377 g/mol. The summed E-state index contributed by atoms with van der Waals surface area (Å²) in [5, 5.41) is 19.8. The van der Waals surface area contributed by atoms with Crippen molar-refractivity contribution in [1.29, 1.82) is 0 Å². The van der Waals surface area contributed by atoms with E-state index in [2.05, 4.69) is 17.9 Å². The zero-order valence-electron chi connectivity index (χ0n) is 13.8. The number of hydrogen-bond donors (Lipinski definition) is 5. The highest BCUT2D eigenvalue weighted by Gasteiger charge is 2.30. The van der Waals surface area contributed by atoms with Gasteiger partial charge in [0.1, 0.15) is 18.6 Å². The fraction of sp³-hybridized carbons (Fsp3) is 0.643. The van der Waals surface area contributed by atoms with Gasteiger partial charge in [0.2, 0.25) is 11.8 Å². The summed E-state index contributed by atoms with van der Waals surface area (Å²) in [7, 11) is 0. The molecule has 0 aliphatic heterocycles. The van der Waals surface area contributed by atoms with Crippen molar-refractivity contribution >= 4 is 42.3 Å². The molecular formula is C14H23N3O7S. The van der Waals surface area contributed by atoms with Crippen LogP contribution in [0.2, 0.25) is 0 Å². The third-order valence-electron chi connectivity index (χ3n) is 3.14. The first-order valence-electron chi connectivity index (χ1n) is 7.58. The molecule has 0 radical (unpaired) electrons. The van der Waals surface area contributed by atoms with Crippen LogP contribution in [0.25, 0.3) is 0 Å². The molecule has 0 fully saturated rings. The van der Waals surface area contributed by atoms with Crippen LogP contribution in [0.4, 0.5) is 0 Å².